The molecule has 1 aliphatic rings. The van der Waals surface area contributed by atoms with E-state index in [1.165, 1.54) is 20.2 Å². The first-order chi connectivity index (χ1) is 10.8. The summed E-state index contributed by atoms with van der Waals surface area (Å²) in [6, 6.07) is 3.44. The number of ether oxygens (including phenoxy) is 1. The number of benzene rings is 1. The zero-order valence-electron chi connectivity index (χ0n) is 13.0. The fourth-order valence-corrected chi connectivity index (χ4v) is 2.28. The van der Waals surface area contributed by atoms with Gasteiger partial charge in [0, 0.05) is 20.1 Å². The lowest BCUT2D eigenvalue weighted by atomic mass is 9.98. The predicted octanol–water partition coefficient (Wildman–Crippen LogP) is 0.939. The van der Waals surface area contributed by atoms with Gasteiger partial charge in [0.2, 0.25) is 5.91 Å². The molecule has 1 fully saturated rings. The molecule has 0 bridgehead atoms. The van der Waals surface area contributed by atoms with Crippen LogP contribution in [0, 0.1) is 5.82 Å². The van der Waals surface area contributed by atoms with Crippen molar-refractivity contribution in [3.63, 3.8) is 0 Å². The summed E-state index contributed by atoms with van der Waals surface area (Å²) in [5, 5.41) is 13.6. The third kappa shape index (κ3) is 4.25. The zero-order chi connectivity index (χ0) is 17.0. The van der Waals surface area contributed by atoms with Gasteiger partial charge in [0.1, 0.15) is 5.82 Å². The normalized spacial score (nSPS) is 20.3. The monoisotopic (exact) mass is 326 g/mol. The van der Waals surface area contributed by atoms with E-state index in [0.29, 0.717) is 13.0 Å². The molecule has 1 heterocycles. The summed E-state index contributed by atoms with van der Waals surface area (Å²) >= 11 is 0. The third-order valence-electron chi connectivity index (χ3n) is 3.62. The van der Waals surface area contributed by atoms with Crippen molar-refractivity contribution in [1.29, 1.82) is 0 Å². The topological polar surface area (TPSA) is 88.1 Å². The van der Waals surface area contributed by atoms with Crippen molar-refractivity contribution in [3.05, 3.63) is 29.6 Å². The summed E-state index contributed by atoms with van der Waals surface area (Å²) in [5.74, 6) is -1.71. The Morgan fingerprint density at radius 3 is 2.87 bits per heavy atom. The number of carbonyl (C=O) groups is 2. The highest BCUT2D eigenvalue weighted by atomic mass is 19.1. The molecule has 0 radical (unpaired) electrons. The van der Waals surface area contributed by atoms with Gasteiger partial charge in [-0.1, -0.05) is 0 Å². The molecular formula is C15H19FN2O5. The summed E-state index contributed by atoms with van der Waals surface area (Å²) in [5.41, 5.74) is -1.11. The summed E-state index contributed by atoms with van der Waals surface area (Å²) in [7, 11) is 2.67. The van der Waals surface area contributed by atoms with E-state index >= 15 is 0 Å². The summed E-state index contributed by atoms with van der Waals surface area (Å²) in [4.78, 5) is 29.0. The third-order valence-corrected chi connectivity index (χ3v) is 3.62. The molecule has 0 aromatic heterocycles. The van der Waals surface area contributed by atoms with Crippen LogP contribution in [-0.2, 0) is 14.4 Å². The average molecular weight is 326 g/mol. The van der Waals surface area contributed by atoms with Gasteiger partial charge in [0.15, 0.2) is 0 Å². The van der Waals surface area contributed by atoms with Gasteiger partial charge in [-0.2, -0.15) is 0 Å². The van der Waals surface area contributed by atoms with E-state index in [0.717, 1.165) is 17.2 Å². The highest BCUT2D eigenvalue weighted by molar-refractivity contribution is 6.03. The van der Waals surface area contributed by atoms with Crippen molar-refractivity contribution < 1.29 is 28.7 Å². The van der Waals surface area contributed by atoms with Gasteiger partial charge in [-0.05, 0) is 18.2 Å². The van der Waals surface area contributed by atoms with Crippen LogP contribution in [0.1, 0.15) is 23.2 Å². The predicted molar refractivity (Wildman–Crippen MR) is 79.1 cm³/mol. The molecule has 7 nitrogen and oxygen atoms in total. The molecule has 0 spiro atoms. The number of hydrogen-bond acceptors (Lipinski definition) is 5. The maximum absolute atomic E-state index is 13.4. The van der Waals surface area contributed by atoms with Crippen LogP contribution in [0.25, 0.3) is 0 Å². The molecule has 1 atom stereocenters. The molecule has 2 amide bonds. The standard InChI is InChI=1S/C15H19FN2O5/c1-18(22-2)14(20)11-7-10(16)3-4-12(11)17-13(19)8-15(21)5-6-23-9-15/h3-4,7,21H,5-6,8-9H2,1-2H3,(H,17,19). The van der Waals surface area contributed by atoms with Gasteiger partial charge in [-0.25, -0.2) is 9.45 Å². The van der Waals surface area contributed by atoms with Crippen molar-refractivity contribution >= 4 is 17.5 Å². The van der Waals surface area contributed by atoms with Crippen LogP contribution < -0.4 is 5.32 Å². The van der Waals surface area contributed by atoms with Crippen molar-refractivity contribution in [1.82, 2.24) is 5.06 Å². The maximum Gasteiger partial charge on any atom is 0.279 e. The summed E-state index contributed by atoms with van der Waals surface area (Å²) in [6.45, 7) is 0.477. The molecular weight excluding hydrogens is 307 g/mol. The van der Waals surface area contributed by atoms with Crippen LogP contribution in [0.2, 0.25) is 0 Å². The largest absolute Gasteiger partial charge is 0.387 e. The number of aliphatic hydroxyl groups is 1. The van der Waals surface area contributed by atoms with Crippen LogP contribution in [-0.4, -0.2) is 55.0 Å². The molecule has 0 saturated carbocycles. The van der Waals surface area contributed by atoms with Crippen LogP contribution in [0.5, 0.6) is 0 Å². The fraction of sp³-hybridized carbons (Fsp3) is 0.467. The minimum Gasteiger partial charge on any atom is -0.387 e. The van der Waals surface area contributed by atoms with E-state index in [1.807, 2.05) is 0 Å². The number of nitrogens with one attached hydrogen (secondary N) is 1. The molecule has 126 valence electrons. The Bertz CT molecular complexity index is 602. The number of carbonyl (C=O) groups excluding carboxylic acids is 2. The number of amides is 2. The molecule has 2 rings (SSSR count). The Balaban J connectivity index is 2.15. The van der Waals surface area contributed by atoms with Crippen molar-refractivity contribution in [2.45, 2.75) is 18.4 Å². The zero-order valence-corrected chi connectivity index (χ0v) is 13.0. The van der Waals surface area contributed by atoms with Crippen LogP contribution >= 0.6 is 0 Å². The number of halogens is 1. The smallest absolute Gasteiger partial charge is 0.279 e. The number of hydroxylamine groups is 2. The molecule has 1 aliphatic heterocycles. The van der Waals surface area contributed by atoms with E-state index in [1.54, 1.807) is 0 Å². The Morgan fingerprint density at radius 2 is 2.26 bits per heavy atom. The Morgan fingerprint density at radius 1 is 1.52 bits per heavy atom. The van der Waals surface area contributed by atoms with E-state index in [9.17, 15) is 19.1 Å². The molecule has 8 heteroatoms. The van der Waals surface area contributed by atoms with E-state index < -0.39 is 23.2 Å². The first kappa shape index (κ1) is 17.3. The fourth-order valence-electron chi connectivity index (χ4n) is 2.28. The number of anilines is 1. The first-order valence-corrected chi connectivity index (χ1v) is 7.06. The molecule has 1 aromatic carbocycles. The SMILES string of the molecule is CON(C)C(=O)c1cc(F)ccc1NC(=O)CC1(O)CCOC1. The Kier molecular flexibility index (Phi) is 5.30. The van der Waals surface area contributed by atoms with Gasteiger partial charge in [0.25, 0.3) is 5.91 Å². The Hall–Kier alpha value is -2.03. The molecule has 1 aromatic rings. The van der Waals surface area contributed by atoms with Gasteiger partial charge in [0.05, 0.1) is 37.0 Å². The lowest BCUT2D eigenvalue weighted by molar-refractivity contribution is -0.121. The number of nitrogens with zero attached hydrogens (tertiary/aromatic N) is 1. The minimum absolute atomic E-state index is 0.0441. The minimum atomic E-state index is -1.21. The quantitative estimate of drug-likeness (QED) is 0.786. The lowest BCUT2D eigenvalue weighted by Gasteiger charge is -2.20. The highest BCUT2D eigenvalue weighted by Gasteiger charge is 2.34. The first-order valence-electron chi connectivity index (χ1n) is 7.06. The maximum atomic E-state index is 13.4. The average Bonchev–Trinajstić information content (AvgIpc) is 2.93. The summed E-state index contributed by atoms with van der Waals surface area (Å²) < 4.78 is 18.5. The van der Waals surface area contributed by atoms with Gasteiger partial charge < -0.3 is 15.2 Å². The molecule has 1 saturated heterocycles. The second kappa shape index (κ2) is 7.03. The summed E-state index contributed by atoms with van der Waals surface area (Å²) in [6.07, 6.45) is 0.195. The van der Waals surface area contributed by atoms with Gasteiger partial charge in [-0.3, -0.25) is 14.4 Å². The Labute approximate surface area is 132 Å². The van der Waals surface area contributed by atoms with Crippen LogP contribution in [0.4, 0.5) is 10.1 Å². The number of hydrogen-bond donors (Lipinski definition) is 2. The van der Waals surface area contributed by atoms with Crippen molar-refractivity contribution in [3.8, 4) is 0 Å². The lowest BCUT2D eigenvalue weighted by Crippen LogP contribution is -2.34. The van der Waals surface area contributed by atoms with E-state index in [-0.39, 0.29) is 24.3 Å². The van der Waals surface area contributed by atoms with Crippen molar-refractivity contribution in [2.24, 2.45) is 0 Å². The van der Waals surface area contributed by atoms with Crippen LogP contribution in [0.3, 0.4) is 0 Å². The molecule has 2 N–H and O–H groups in total. The second-order valence-corrected chi connectivity index (χ2v) is 5.43. The molecule has 1 unspecified atom stereocenters. The van der Waals surface area contributed by atoms with E-state index in [4.69, 9.17) is 9.57 Å². The second-order valence-electron chi connectivity index (χ2n) is 5.43. The van der Waals surface area contributed by atoms with Crippen LogP contribution in [0.15, 0.2) is 18.2 Å². The molecule has 23 heavy (non-hydrogen) atoms. The van der Waals surface area contributed by atoms with Gasteiger partial charge in [-0.15, -0.1) is 0 Å². The van der Waals surface area contributed by atoms with E-state index in [2.05, 4.69) is 5.32 Å². The van der Waals surface area contributed by atoms with Crippen molar-refractivity contribution in [2.75, 3.05) is 32.7 Å². The highest BCUT2D eigenvalue weighted by Crippen LogP contribution is 2.24. The molecule has 0 aliphatic carbocycles. The number of rotatable bonds is 5. The van der Waals surface area contributed by atoms with Gasteiger partial charge >= 0.3 is 0 Å².